The van der Waals surface area contributed by atoms with Crippen molar-refractivity contribution in [3.05, 3.63) is 71.8 Å². The number of esters is 1. The first-order chi connectivity index (χ1) is 13.2. The maximum atomic E-state index is 13.2. The molecular weight excluding hydrogens is 336 g/mol. The van der Waals surface area contributed by atoms with Gasteiger partial charge in [0.15, 0.2) is 0 Å². The lowest BCUT2D eigenvalue weighted by Crippen LogP contribution is -2.57. The van der Waals surface area contributed by atoms with Gasteiger partial charge in [-0.1, -0.05) is 67.1 Å². The van der Waals surface area contributed by atoms with Gasteiger partial charge in [0, 0.05) is 0 Å². The fraction of sp³-hybridized carbons (Fsp3) is 0.391. The SMILES string of the molecule is CCOC(=O)C(N1CCCCC1)C(C#N)(c1ccccc1)c1ccccc1. The maximum absolute atomic E-state index is 13.2. The number of nitriles is 1. The summed E-state index contributed by atoms with van der Waals surface area (Å²) in [5.74, 6) is -0.325. The highest BCUT2D eigenvalue weighted by atomic mass is 16.5. The Hall–Kier alpha value is -2.64. The van der Waals surface area contributed by atoms with E-state index in [1.54, 1.807) is 0 Å². The first-order valence-corrected chi connectivity index (χ1v) is 9.67. The Morgan fingerprint density at radius 2 is 1.56 bits per heavy atom. The van der Waals surface area contributed by atoms with Crippen LogP contribution in [0.5, 0.6) is 0 Å². The zero-order valence-electron chi connectivity index (χ0n) is 15.8. The van der Waals surface area contributed by atoms with E-state index >= 15 is 0 Å². The molecular formula is C23H26N2O2. The molecule has 0 radical (unpaired) electrons. The molecule has 0 amide bonds. The molecule has 1 aliphatic rings. The lowest BCUT2D eigenvalue weighted by Gasteiger charge is -2.42. The van der Waals surface area contributed by atoms with E-state index in [-0.39, 0.29) is 5.97 Å². The van der Waals surface area contributed by atoms with Crippen LogP contribution < -0.4 is 0 Å². The number of carbonyl (C=O) groups is 1. The molecule has 3 rings (SSSR count). The Morgan fingerprint density at radius 3 is 2.00 bits per heavy atom. The molecule has 1 aliphatic heterocycles. The van der Waals surface area contributed by atoms with Crippen LogP contribution in [0.3, 0.4) is 0 Å². The normalized spacial score (nSPS) is 16.3. The van der Waals surface area contributed by atoms with Gasteiger partial charge in [-0.2, -0.15) is 5.26 Å². The molecule has 1 unspecified atom stereocenters. The van der Waals surface area contributed by atoms with Crippen LogP contribution in [0.1, 0.15) is 37.3 Å². The first kappa shape index (κ1) is 19.1. The van der Waals surface area contributed by atoms with Crippen LogP contribution >= 0.6 is 0 Å². The second kappa shape index (κ2) is 8.83. The van der Waals surface area contributed by atoms with Crippen LogP contribution in [0.4, 0.5) is 0 Å². The van der Waals surface area contributed by atoms with E-state index in [1.165, 1.54) is 0 Å². The number of likely N-dealkylation sites (tertiary alicyclic amines) is 1. The van der Waals surface area contributed by atoms with Gasteiger partial charge in [0.1, 0.15) is 11.5 Å². The first-order valence-electron chi connectivity index (χ1n) is 9.67. The Kier molecular flexibility index (Phi) is 6.26. The third-order valence-electron chi connectivity index (χ3n) is 5.31. The van der Waals surface area contributed by atoms with Crippen molar-refractivity contribution in [1.82, 2.24) is 4.90 Å². The number of nitrogens with zero attached hydrogens (tertiary/aromatic N) is 2. The van der Waals surface area contributed by atoms with Crippen molar-refractivity contribution in [3.8, 4) is 6.07 Å². The van der Waals surface area contributed by atoms with Crippen LogP contribution in [0.15, 0.2) is 60.7 Å². The van der Waals surface area contributed by atoms with Crippen molar-refractivity contribution in [3.63, 3.8) is 0 Å². The summed E-state index contributed by atoms with van der Waals surface area (Å²) in [5.41, 5.74) is 0.524. The van der Waals surface area contributed by atoms with E-state index in [2.05, 4.69) is 11.0 Å². The Bertz CT molecular complexity index is 738. The molecule has 1 fully saturated rings. The molecule has 0 spiro atoms. The molecule has 0 N–H and O–H groups in total. The monoisotopic (exact) mass is 362 g/mol. The average Bonchev–Trinajstić information content (AvgIpc) is 2.74. The third kappa shape index (κ3) is 3.74. The number of benzene rings is 2. The third-order valence-corrected chi connectivity index (χ3v) is 5.31. The molecule has 0 aromatic heterocycles. The molecule has 0 saturated carbocycles. The predicted molar refractivity (Wildman–Crippen MR) is 105 cm³/mol. The van der Waals surface area contributed by atoms with E-state index in [0.29, 0.717) is 6.61 Å². The highest BCUT2D eigenvalue weighted by Crippen LogP contribution is 2.39. The fourth-order valence-electron chi connectivity index (χ4n) is 4.07. The van der Waals surface area contributed by atoms with Crippen molar-refractivity contribution >= 4 is 5.97 Å². The largest absolute Gasteiger partial charge is 0.465 e. The number of carbonyl (C=O) groups excluding carboxylic acids is 1. The standard InChI is InChI=1S/C23H26N2O2/c1-2-27-22(26)21(25-16-10-5-11-17-25)23(18-24,19-12-6-3-7-13-19)20-14-8-4-9-15-20/h3-4,6-9,12-15,21H,2,5,10-11,16-17H2,1H3. The zero-order chi connectivity index (χ0) is 19.1. The molecule has 4 heteroatoms. The summed E-state index contributed by atoms with van der Waals surface area (Å²) in [6.45, 7) is 3.71. The van der Waals surface area contributed by atoms with E-state index in [1.807, 2.05) is 67.6 Å². The average molecular weight is 362 g/mol. The smallest absolute Gasteiger partial charge is 0.325 e. The molecule has 0 aliphatic carbocycles. The van der Waals surface area contributed by atoms with Gasteiger partial charge < -0.3 is 4.74 Å². The van der Waals surface area contributed by atoms with Gasteiger partial charge in [0.25, 0.3) is 0 Å². The Balaban J connectivity index is 2.22. The fourth-order valence-corrected chi connectivity index (χ4v) is 4.07. The van der Waals surface area contributed by atoms with Crippen molar-refractivity contribution in [2.24, 2.45) is 0 Å². The van der Waals surface area contributed by atoms with Crippen LogP contribution in [0, 0.1) is 11.3 Å². The van der Waals surface area contributed by atoms with Gasteiger partial charge in [-0.3, -0.25) is 9.69 Å². The predicted octanol–water partition coefficient (Wildman–Crippen LogP) is 3.91. The highest BCUT2D eigenvalue weighted by Gasteiger charge is 2.50. The van der Waals surface area contributed by atoms with Crippen molar-refractivity contribution in [2.75, 3.05) is 19.7 Å². The lowest BCUT2D eigenvalue weighted by atomic mass is 9.69. The molecule has 1 heterocycles. The number of rotatable bonds is 6. The summed E-state index contributed by atoms with van der Waals surface area (Å²) in [4.78, 5) is 15.3. The number of piperidine rings is 1. The van der Waals surface area contributed by atoms with Gasteiger partial charge in [0.05, 0.1) is 12.7 Å². The molecule has 0 bridgehead atoms. The molecule has 1 saturated heterocycles. The number of hydrogen-bond donors (Lipinski definition) is 0. The highest BCUT2D eigenvalue weighted by molar-refractivity contribution is 5.81. The molecule has 140 valence electrons. The summed E-state index contributed by atoms with van der Waals surface area (Å²) in [7, 11) is 0. The quantitative estimate of drug-likeness (QED) is 0.731. The van der Waals surface area contributed by atoms with Crippen LogP contribution in [-0.2, 0) is 14.9 Å². The summed E-state index contributed by atoms with van der Waals surface area (Å²) in [6.07, 6.45) is 3.21. The van der Waals surface area contributed by atoms with Crippen molar-refractivity contribution in [1.29, 1.82) is 5.26 Å². The van der Waals surface area contributed by atoms with Gasteiger partial charge in [0.2, 0.25) is 0 Å². The summed E-state index contributed by atoms with van der Waals surface area (Å²) in [5, 5.41) is 10.5. The lowest BCUT2D eigenvalue weighted by molar-refractivity contribution is -0.151. The Morgan fingerprint density at radius 1 is 1.04 bits per heavy atom. The molecule has 2 aromatic rings. The van der Waals surface area contributed by atoms with Crippen molar-refractivity contribution in [2.45, 2.75) is 37.6 Å². The van der Waals surface area contributed by atoms with Gasteiger partial charge >= 0.3 is 5.97 Å². The number of ether oxygens (including phenoxy) is 1. The van der Waals surface area contributed by atoms with Gasteiger partial charge in [-0.15, -0.1) is 0 Å². The minimum atomic E-state index is -1.12. The topological polar surface area (TPSA) is 53.3 Å². The summed E-state index contributed by atoms with van der Waals surface area (Å²) >= 11 is 0. The van der Waals surface area contributed by atoms with Gasteiger partial charge in [-0.25, -0.2) is 0 Å². The van der Waals surface area contributed by atoms with E-state index in [9.17, 15) is 10.1 Å². The molecule has 2 aromatic carbocycles. The van der Waals surface area contributed by atoms with E-state index in [0.717, 1.165) is 43.5 Å². The molecule has 4 nitrogen and oxygen atoms in total. The second-order valence-corrected chi connectivity index (χ2v) is 6.90. The Labute approximate surface area is 161 Å². The summed E-state index contributed by atoms with van der Waals surface area (Å²) in [6, 6.07) is 21.1. The summed E-state index contributed by atoms with van der Waals surface area (Å²) < 4.78 is 5.48. The van der Waals surface area contributed by atoms with Gasteiger partial charge in [-0.05, 0) is 44.0 Å². The van der Waals surface area contributed by atoms with E-state index in [4.69, 9.17) is 4.74 Å². The van der Waals surface area contributed by atoms with Crippen LogP contribution in [0.25, 0.3) is 0 Å². The van der Waals surface area contributed by atoms with Crippen molar-refractivity contribution < 1.29 is 9.53 Å². The van der Waals surface area contributed by atoms with E-state index < -0.39 is 11.5 Å². The number of hydrogen-bond acceptors (Lipinski definition) is 4. The maximum Gasteiger partial charge on any atom is 0.325 e. The molecule has 1 atom stereocenters. The minimum Gasteiger partial charge on any atom is -0.465 e. The molecule has 27 heavy (non-hydrogen) atoms. The minimum absolute atomic E-state index is 0.300. The van der Waals surface area contributed by atoms with Crippen LogP contribution in [-0.4, -0.2) is 36.6 Å². The zero-order valence-corrected chi connectivity index (χ0v) is 15.8. The van der Waals surface area contributed by atoms with Crippen LogP contribution in [0.2, 0.25) is 0 Å². The second-order valence-electron chi connectivity index (χ2n) is 6.90.